The first-order chi connectivity index (χ1) is 21.8. The van der Waals surface area contributed by atoms with Crippen LogP contribution in [0.1, 0.15) is 16.1 Å². The number of carbonyl (C=O) groups is 3. The molecule has 0 saturated heterocycles. The maximum atomic E-state index is 13.4. The van der Waals surface area contributed by atoms with Crippen molar-refractivity contribution in [2.75, 3.05) is 16.4 Å². The fraction of sp³-hybridized carbons (Fsp3) is 0.0294. The van der Waals surface area contributed by atoms with Crippen molar-refractivity contribution in [2.24, 2.45) is 0 Å². The van der Waals surface area contributed by atoms with Gasteiger partial charge in [-0.15, -0.1) is 11.8 Å². The van der Waals surface area contributed by atoms with Crippen LogP contribution < -0.4 is 16.0 Å². The van der Waals surface area contributed by atoms with E-state index >= 15 is 0 Å². The van der Waals surface area contributed by atoms with E-state index < -0.39 is 16.7 Å². The molecule has 5 rings (SSSR count). The molecular weight excluding hydrogens is 592 g/mol. The second-order valence-corrected chi connectivity index (χ2v) is 10.6. The van der Waals surface area contributed by atoms with Crippen LogP contribution in [0.2, 0.25) is 0 Å². The van der Waals surface area contributed by atoms with Crippen LogP contribution in [0.15, 0.2) is 136 Å². The number of nitrogens with one attached hydrogen (secondary N) is 3. The van der Waals surface area contributed by atoms with Crippen molar-refractivity contribution in [3.63, 3.8) is 0 Å². The molecule has 11 heteroatoms. The average Bonchev–Trinajstić information content (AvgIpc) is 3.54. The van der Waals surface area contributed by atoms with E-state index in [1.54, 1.807) is 66.7 Å². The minimum atomic E-state index is -0.556. The van der Waals surface area contributed by atoms with Crippen molar-refractivity contribution < 1.29 is 23.7 Å². The zero-order chi connectivity index (χ0) is 31.6. The fourth-order valence-corrected chi connectivity index (χ4v) is 4.82. The average molecular weight is 619 g/mol. The van der Waals surface area contributed by atoms with Gasteiger partial charge in [-0.3, -0.25) is 24.5 Å². The number of hydrogen-bond donors (Lipinski definition) is 3. The Kier molecular flexibility index (Phi) is 9.83. The van der Waals surface area contributed by atoms with E-state index in [0.29, 0.717) is 28.5 Å². The zero-order valence-corrected chi connectivity index (χ0v) is 24.5. The monoisotopic (exact) mass is 618 g/mol. The van der Waals surface area contributed by atoms with Gasteiger partial charge in [0.2, 0.25) is 5.91 Å². The standard InChI is InChI=1S/C34H26N4O6S/c39-32(35-25-11-15-27(16-12-25)38(42)43)22-45-29-18-13-26(14-19-29)36-34(41)30(37-33(40)24-9-5-2-6-10-24)21-28-17-20-31(44-28)23-7-3-1-4-8-23/h1-21H,22H2,(H,35,39)(H,36,41)(H,37,40). The van der Waals surface area contributed by atoms with Crippen molar-refractivity contribution in [1.29, 1.82) is 0 Å². The van der Waals surface area contributed by atoms with Crippen LogP contribution in [-0.4, -0.2) is 28.4 Å². The fourth-order valence-electron chi connectivity index (χ4n) is 4.12. The van der Waals surface area contributed by atoms with E-state index in [4.69, 9.17) is 4.42 Å². The summed E-state index contributed by atoms with van der Waals surface area (Å²) < 4.78 is 5.93. The maximum absolute atomic E-state index is 13.4. The zero-order valence-electron chi connectivity index (χ0n) is 23.6. The van der Waals surface area contributed by atoms with Crippen LogP contribution in [0.3, 0.4) is 0 Å². The second kappa shape index (κ2) is 14.5. The Hall–Kier alpha value is -5.94. The van der Waals surface area contributed by atoms with Crippen LogP contribution in [0, 0.1) is 10.1 Å². The predicted octanol–water partition coefficient (Wildman–Crippen LogP) is 7.00. The Bertz CT molecular complexity index is 1840. The molecular formula is C34H26N4O6S. The first-order valence-electron chi connectivity index (χ1n) is 13.7. The van der Waals surface area contributed by atoms with E-state index in [9.17, 15) is 24.5 Å². The van der Waals surface area contributed by atoms with Crippen LogP contribution >= 0.6 is 11.8 Å². The van der Waals surface area contributed by atoms with Gasteiger partial charge in [0.1, 0.15) is 17.2 Å². The highest BCUT2D eigenvalue weighted by atomic mass is 32.2. The normalized spacial score (nSPS) is 11.0. The first-order valence-corrected chi connectivity index (χ1v) is 14.6. The Morgan fingerprint density at radius 2 is 1.38 bits per heavy atom. The molecule has 224 valence electrons. The molecule has 0 aliphatic heterocycles. The first kappa shape index (κ1) is 30.5. The third kappa shape index (κ3) is 8.55. The van der Waals surface area contributed by atoms with Crippen molar-refractivity contribution in [3.8, 4) is 11.3 Å². The molecule has 0 saturated carbocycles. The van der Waals surface area contributed by atoms with Gasteiger partial charge in [0.25, 0.3) is 17.5 Å². The number of amides is 3. The molecule has 0 aliphatic rings. The largest absolute Gasteiger partial charge is 0.457 e. The Morgan fingerprint density at radius 1 is 0.756 bits per heavy atom. The number of benzene rings is 4. The van der Waals surface area contributed by atoms with E-state index in [-0.39, 0.29) is 23.0 Å². The van der Waals surface area contributed by atoms with Gasteiger partial charge >= 0.3 is 0 Å². The predicted molar refractivity (Wildman–Crippen MR) is 174 cm³/mol. The number of nitro groups is 1. The third-order valence-electron chi connectivity index (χ3n) is 6.34. The Labute approximate surface area is 262 Å². The lowest BCUT2D eigenvalue weighted by Crippen LogP contribution is -2.30. The molecule has 5 aromatic rings. The molecule has 0 radical (unpaired) electrons. The number of rotatable bonds is 11. The van der Waals surface area contributed by atoms with Gasteiger partial charge in [-0.25, -0.2) is 0 Å². The summed E-state index contributed by atoms with van der Waals surface area (Å²) in [5.74, 6) is -0.180. The number of nitrogens with zero attached hydrogens (tertiary/aromatic N) is 1. The van der Waals surface area contributed by atoms with Crippen molar-refractivity contribution in [1.82, 2.24) is 5.32 Å². The van der Waals surface area contributed by atoms with Crippen LogP contribution in [0.4, 0.5) is 17.1 Å². The van der Waals surface area contributed by atoms with Gasteiger partial charge in [0, 0.05) is 45.6 Å². The van der Waals surface area contributed by atoms with Gasteiger partial charge in [-0.05, 0) is 60.7 Å². The summed E-state index contributed by atoms with van der Waals surface area (Å²) in [5, 5.41) is 19.0. The highest BCUT2D eigenvalue weighted by Crippen LogP contribution is 2.24. The summed E-state index contributed by atoms with van der Waals surface area (Å²) in [5.41, 5.74) is 2.12. The molecule has 0 atom stereocenters. The van der Waals surface area contributed by atoms with E-state index in [0.717, 1.165) is 10.5 Å². The van der Waals surface area contributed by atoms with Gasteiger partial charge in [-0.1, -0.05) is 48.5 Å². The number of furan rings is 1. The number of anilines is 2. The lowest BCUT2D eigenvalue weighted by atomic mass is 10.2. The van der Waals surface area contributed by atoms with Crippen molar-refractivity contribution in [2.45, 2.75) is 4.90 Å². The minimum absolute atomic E-state index is 0.0146. The van der Waals surface area contributed by atoms with Crippen LogP contribution in [0.5, 0.6) is 0 Å². The molecule has 0 aliphatic carbocycles. The van der Waals surface area contributed by atoms with Crippen LogP contribution in [-0.2, 0) is 9.59 Å². The molecule has 10 nitrogen and oxygen atoms in total. The molecule has 0 unspecified atom stereocenters. The summed E-state index contributed by atoms with van der Waals surface area (Å²) in [7, 11) is 0. The third-order valence-corrected chi connectivity index (χ3v) is 7.36. The Morgan fingerprint density at radius 3 is 2.04 bits per heavy atom. The minimum Gasteiger partial charge on any atom is -0.457 e. The quantitative estimate of drug-likeness (QED) is 0.0626. The van der Waals surface area contributed by atoms with Crippen LogP contribution in [0.25, 0.3) is 17.4 Å². The summed E-state index contributed by atoms with van der Waals surface area (Å²) in [6.45, 7) is 0. The number of thioether (sulfide) groups is 1. The lowest BCUT2D eigenvalue weighted by Gasteiger charge is -2.11. The molecule has 0 bridgehead atoms. The molecule has 3 N–H and O–H groups in total. The van der Waals surface area contributed by atoms with Crippen molar-refractivity contribution in [3.05, 3.63) is 148 Å². The van der Waals surface area contributed by atoms with Crippen molar-refractivity contribution >= 4 is 52.6 Å². The summed E-state index contributed by atoms with van der Waals surface area (Å²) in [4.78, 5) is 49.7. The summed E-state index contributed by atoms with van der Waals surface area (Å²) in [6, 6.07) is 34.0. The number of non-ortho nitro benzene ring substituents is 1. The van der Waals surface area contributed by atoms with E-state index in [2.05, 4.69) is 16.0 Å². The van der Waals surface area contributed by atoms with Gasteiger partial charge in [0.05, 0.1) is 10.7 Å². The number of nitro benzene ring substituents is 1. The molecule has 45 heavy (non-hydrogen) atoms. The maximum Gasteiger partial charge on any atom is 0.272 e. The lowest BCUT2D eigenvalue weighted by molar-refractivity contribution is -0.384. The SMILES string of the molecule is O=C(CSc1ccc(NC(=O)C(=Cc2ccc(-c3ccccc3)o2)NC(=O)c2ccccc2)cc1)Nc1ccc([N+](=O)[O-])cc1. The van der Waals surface area contributed by atoms with E-state index in [1.807, 2.05) is 30.3 Å². The number of hydrogen-bond acceptors (Lipinski definition) is 7. The molecule has 0 fully saturated rings. The molecule has 3 amide bonds. The van der Waals surface area contributed by atoms with Gasteiger partial charge in [-0.2, -0.15) is 0 Å². The molecule has 4 aromatic carbocycles. The number of carbonyl (C=O) groups excluding carboxylic acids is 3. The second-order valence-electron chi connectivity index (χ2n) is 9.57. The van der Waals surface area contributed by atoms with E-state index in [1.165, 1.54) is 42.1 Å². The highest BCUT2D eigenvalue weighted by Gasteiger charge is 2.17. The Balaban J connectivity index is 1.24. The summed E-state index contributed by atoms with van der Waals surface area (Å²) >= 11 is 1.28. The highest BCUT2D eigenvalue weighted by molar-refractivity contribution is 8.00. The van der Waals surface area contributed by atoms with Gasteiger partial charge < -0.3 is 20.4 Å². The molecule has 1 heterocycles. The molecule has 1 aromatic heterocycles. The smallest absolute Gasteiger partial charge is 0.272 e. The van der Waals surface area contributed by atoms with Gasteiger partial charge in [0.15, 0.2) is 0 Å². The topological polar surface area (TPSA) is 144 Å². The summed E-state index contributed by atoms with van der Waals surface area (Å²) in [6.07, 6.45) is 1.47. The molecule has 0 spiro atoms.